The third kappa shape index (κ3) is 11.8. The number of hydrogen-bond donors (Lipinski definition) is 2. The molecule has 4 heteroatoms. The van der Waals surface area contributed by atoms with Gasteiger partial charge in [0, 0.05) is 6.42 Å². The van der Waals surface area contributed by atoms with E-state index in [1.807, 2.05) is 13.0 Å². The predicted molar refractivity (Wildman–Crippen MR) is 126 cm³/mol. The van der Waals surface area contributed by atoms with Crippen molar-refractivity contribution >= 4 is 17.6 Å². The van der Waals surface area contributed by atoms with Crippen LogP contribution in [0.3, 0.4) is 0 Å². The number of hydrogen-bond acceptors (Lipinski definition) is 2. The molecule has 0 aliphatic heterocycles. The van der Waals surface area contributed by atoms with Gasteiger partial charge in [0.2, 0.25) is 5.91 Å². The van der Waals surface area contributed by atoms with Crippen LogP contribution >= 0.6 is 0 Å². The molecule has 2 N–H and O–H groups in total. The molecule has 0 aliphatic carbocycles. The number of carboxylic acid groups (broad SMARTS) is 1. The first-order chi connectivity index (χ1) is 14.6. The van der Waals surface area contributed by atoms with Crippen molar-refractivity contribution in [2.24, 2.45) is 0 Å². The number of carboxylic acids is 1. The van der Waals surface area contributed by atoms with Crippen LogP contribution in [0.5, 0.6) is 0 Å². The zero-order valence-corrected chi connectivity index (χ0v) is 19.0. The lowest BCUT2D eigenvalue weighted by molar-refractivity contribution is -0.116. The highest BCUT2D eigenvalue weighted by atomic mass is 16.4. The quantitative estimate of drug-likeness (QED) is 0.203. The number of nitrogens with one attached hydrogen (secondary N) is 1. The van der Waals surface area contributed by atoms with Crippen LogP contribution in [-0.2, 0) is 4.79 Å². The van der Waals surface area contributed by atoms with E-state index in [1.54, 1.807) is 6.07 Å². The summed E-state index contributed by atoms with van der Waals surface area (Å²) in [6.07, 6.45) is 21.0. The van der Waals surface area contributed by atoms with Crippen molar-refractivity contribution in [1.82, 2.24) is 0 Å². The highest BCUT2D eigenvalue weighted by molar-refractivity contribution is 6.01. The third-order valence-electron chi connectivity index (χ3n) is 5.43. The molecule has 0 unspecified atom stereocenters. The van der Waals surface area contributed by atoms with Gasteiger partial charge >= 0.3 is 5.97 Å². The Hall–Kier alpha value is -2.10. The van der Waals surface area contributed by atoms with Gasteiger partial charge in [0.15, 0.2) is 0 Å². The van der Waals surface area contributed by atoms with Crippen LogP contribution < -0.4 is 5.32 Å². The second-order valence-electron chi connectivity index (χ2n) is 8.19. The Bertz CT molecular complexity index is 652. The summed E-state index contributed by atoms with van der Waals surface area (Å²) in [7, 11) is 0. The number of para-hydroxylation sites is 1. The largest absolute Gasteiger partial charge is 0.478 e. The van der Waals surface area contributed by atoms with Gasteiger partial charge in [-0.15, -0.1) is 0 Å². The van der Waals surface area contributed by atoms with E-state index in [0.29, 0.717) is 12.1 Å². The lowest BCUT2D eigenvalue weighted by atomic mass is 10.1. The van der Waals surface area contributed by atoms with E-state index in [4.69, 9.17) is 0 Å². The van der Waals surface area contributed by atoms with Crippen LogP contribution in [0.1, 0.15) is 113 Å². The maximum atomic E-state index is 12.2. The van der Waals surface area contributed by atoms with Crippen molar-refractivity contribution in [2.45, 2.75) is 104 Å². The second kappa shape index (κ2) is 16.7. The van der Waals surface area contributed by atoms with Gasteiger partial charge in [-0.2, -0.15) is 0 Å². The summed E-state index contributed by atoms with van der Waals surface area (Å²) >= 11 is 0. The normalized spacial score (nSPS) is 11.1. The SMILES string of the molecule is CCCCCCCC/C=C\CCCCCCCC(=O)Nc1c(C)cccc1C(=O)O. The standard InChI is InChI=1S/C26H41NO3/c1-3-4-5-6-7-8-9-10-11-12-13-14-15-16-17-21-24(28)27-25-22(2)19-18-20-23(25)26(29)30/h10-11,18-20H,3-9,12-17,21H2,1-2H3,(H,27,28)(H,29,30)/b11-10-. The minimum atomic E-state index is -1.02. The predicted octanol–water partition coefficient (Wildman–Crippen LogP) is 7.67. The lowest BCUT2D eigenvalue weighted by Gasteiger charge is -2.11. The highest BCUT2D eigenvalue weighted by Crippen LogP contribution is 2.21. The molecule has 0 heterocycles. The maximum absolute atomic E-state index is 12.2. The van der Waals surface area contributed by atoms with Gasteiger partial charge in [0.25, 0.3) is 0 Å². The minimum absolute atomic E-state index is 0.107. The van der Waals surface area contributed by atoms with Crippen molar-refractivity contribution in [3.63, 3.8) is 0 Å². The Morgan fingerprint density at radius 1 is 0.867 bits per heavy atom. The molecule has 0 bridgehead atoms. The fourth-order valence-electron chi connectivity index (χ4n) is 3.57. The summed E-state index contributed by atoms with van der Waals surface area (Å²) in [6, 6.07) is 5.02. The summed E-state index contributed by atoms with van der Waals surface area (Å²) in [5.41, 5.74) is 1.34. The van der Waals surface area contributed by atoms with Crippen LogP contribution in [0.25, 0.3) is 0 Å². The molecule has 0 saturated carbocycles. The first-order valence-electron chi connectivity index (χ1n) is 11.8. The van der Waals surface area contributed by atoms with Crippen molar-refractivity contribution in [2.75, 3.05) is 5.32 Å². The average Bonchev–Trinajstić information content (AvgIpc) is 2.72. The number of anilines is 1. The topological polar surface area (TPSA) is 66.4 Å². The van der Waals surface area contributed by atoms with Gasteiger partial charge in [-0.05, 0) is 50.7 Å². The second-order valence-corrected chi connectivity index (χ2v) is 8.19. The van der Waals surface area contributed by atoms with Crippen LogP contribution in [0, 0.1) is 6.92 Å². The van der Waals surface area contributed by atoms with Crippen LogP contribution in [0.2, 0.25) is 0 Å². The van der Waals surface area contributed by atoms with E-state index in [0.717, 1.165) is 31.2 Å². The number of amides is 1. The monoisotopic (exact) mass is 415 g/mol. The number of carbonyl (C=O) groups is 2. The molecule has 0 saturated heterocycles. The van der Waals surface area contributed by atoms with Gasteiger partial charge < -0.3 is 10.4 Å². The number of allylic oxidation sites excluding steroid dienone is 2. The fraction of sp³-hybridized carbons (Fsp3) is 0.615. The number of carbonyl (C=O) groups excluding carboxylic acids is 1. The molecular weight excluding hydrogens is 374 g/mol. The molecule has 1 rings (SSSR count). The average molecular weight is 416 g/mol. The van der Waals surface area contributed by atoms with Crippen molar-refractivity contribution < 1.29 is 14.7 Å². The number of aryl methyl sites for hydroxylation is 1. The van der Waals surface area contributed by atoms with Gasteiger partial charge in [-0.1, -0.05) is 82.6 Å². The van der Waals surface area contributed by atoms with Crippen molar-refractivity contribution in [1.29, 1.82) is 0 Å². The first-order valence-corrected chi connectivity index (χ1v) is 11.8. The summed E-state index contributed by atoms with van der Waals surface area (Å²) in [5.74, 6) is -1.13. The molecule has 168 valence electrons. The molecule has 1 amide bonds. The van der Waals surface area contributed by atoms with E-state index in [2.05, 4.69) is 24.4 Å². The molecular formula is C26H41NO3. The van der Waals surface area contributed by atoms with E-state index < -0.39 is 5.97 Å². The molecule has 0 spiro atoms. The number of unbranched alkanes of at least 4 members (excludes halogenated alkanes) is 11. The third-order valence-corrected chi connectivity index (χ3v) is 5.43. The van der Waals surface area contributed by atoms with Gasteiger partial charge in [-0.25, -0.2) is 4.79 Å². The molecule has 0 fully saturated rings. The van der Waals surface area contributed by atoms with E-state index in [9.17, 15) is 14.7 Å². The molecule has 1 aromatic rings. The van der Waals surface area contributed by atoms with Gasteiger partial charge in [0.1, 0.15) is 0 Å². The molecule has 30 heavy (non-hydrogen) atoms. The summed E-state index contributed by atoms with van der Waals surface area (Å²) in [5, 5.41) is 12.0. The zero-order chi connectivity index (χ0) is 22.0. The Labute approximate surface area is 183 Å². The smallest absolute Gasteiger partial charge is 0.337 e. The number of aromatic carboxylic acids is 1. The van der Waals surface area contributed by atoms with Gasteiger partial charge in [-0.3, -0.25) is 4.79 Å². The van der Waals surface area contributed by atoms with E-state index in [1.165, 1.54) is 63.9 Å². The highest BCUT2D eigenvalue weighted by Gasteiger charge is 2.14. The summed E-state index contributed by atoms with van der Waals surface area (Å²) in [6.45, 7) is 4.06. The van der Waals surface area contributed by atoms with E-state index >= 15 is 0 Å². The molecule has 4 nitrogen and oxygen atoms in total. The maximum Gasteiger partial charge on any atom is 0.337 e. The summed E-state index contributed by atoms with van der Waals surface area (Å²) in [4.78, 5) is 23.5. The molecule has 1 aromatic carbocycles. The van der Waals surface area contributed by atoms with Gasteiger partial charge in [0.05, 0.1) is 11.3 Å². The molecule has 0 radical (unpaired) electrons. The Morgan fingerprint density at radius 3 is 2.03 bits per heavy atom. The summed E-state index contributed by atoms with van der Waals surface area (Å²) < 4.78 is 0. The molecule has 0 aliphatic rings. The number of rotatable bonds is 17. The molecule has 0 aromatic heterocycles. The van der Waals surface area contributed by atoms with Crippen LogP contribution in [0.15, 0.2) is 30.4 Å². The molecule has 0 atom stereocenters. The fourth-order valence-corrected chi connectivity index (χ4v) is 3.57. The minimum Gasteiger partial charge on any atom is -0.478 e. The first kappa shape index (κ1) is 25.9. The zero-order valence-electron chi connectivity index (χ0n) is 19.0. The Kier molecular flexibility index (Phi) is 14.4. The van der Waals surface area contributed by atoms with Crippen molar-refractivity contribution in [3.8, 4) is 0 Å². The lowest BCUT2D eigenvalue weighted by Crippen LogP contribution is -2.15. The van der Waals surface area contributed by atoms with Crippen molar-refractivity contribution in [3.05, 3.63) is 41.5 Å². The van der Waals surface area contributed by atoms with Crippen LogP contribution in [-0.4, -0.2) is 17.0 Å². The van der Waals surface area contributed by atoms with Crippen LogP contribution in [0.4, 0.5) is 5.69 Å². The Morgan fingerprint density at radius 2 is 1.43 bits per heavy atom. The Balaban J connectivity index is 2.04. The number of benzene rings is 1. The van der Waals surface area contributed by atoms with E-state index in [-0.39, 0.29) is 11.5 Å².